The number of hydrogen-bond donors (Lipinski definition) is 1. The summed E-state index contributed by atoms with van der Waals surface area (Å²) in [6.07, 6.45) is 0. The highest BCUT2D eigenvalue weighted by Gasteiger charge is 2.16. The monoisotopic (exact) mass is 237 g/mol. The first-order valence-corrected chi connectivity index (χ1v) is 4.66. The van der Waals surface area contributed by atoms with Crippen LogP contribution in [-0.4, -0.2) is 25.1 Å². The number of hydrogen-bond acceptors (Lipinski definition) is 5. The summed E-state index contributed by atoms with van der Waals surface area (Å²) >= 11 is 0. The highest BCUT2D eigenvalue weighted by Crippen LogP contribution is 2.21. The molecular weight excluding hydrogens is 228 g/mol. The molecule has 0 aliphatic carbocycles. The van der Waals surface area contributed by atoms with Gasteiger partial charge in [-0.3, -0.25) is 0 Å². The van der Waals surface area contributed by atoms with Crippen molar-refractivity contribution < 1.29 is 8.78 Å². The zero-order chi connectivity index (χ0) is 12.8. The number of nitrogens with zero attached hydrogens (tertiary/aromatic N) is 4. The van der Waals surface area contributed by atoms with Gasteiger partial charge < -0.3 is 10.2 Å². The minimum absolute atomic E-state index is 0.137. The molecule has 0 bridgehead atoms. The van der Waals surface area contributed by atoms with Crippen LogP contribution in [0.1, 0.15) is 0 Å². The molecule has 1 aromatic heterocycles. The Morgan fingerprint density at radius 2 is 1.88 bits per heavy atom. The van der Waals surface area contributed by atoms with Crippen molar-refractivity contribution in [3.05, 3.63) is 17.7 Å². The van der Waals surface area contributed by atoms with Crippen molar-refractivity contribution >= 4 is 11.6 Å². The number of nitrogens with one attached hydrogen (secondary N) is 1. The maximum Gasteiger partial charge on any atom is 0.169 e. The van der Waals surface area contributed by atoms with Gasteiger partial charge in [0, 0.05) is 13.1 Å². The normalized spacial score (nSPS) is 9.24. The lowest BCUT2D eigenvalue weighted by Gasteiger charge is -2.18. The van der Waals surface area contributed by atoms with Crippen LogP contribution in [0.4, 0.5) is 20.4 Å². The van der Waals surface area contributed by atoms with Gasteiger partial charge >= 0.3 is 0 Å². The third kappa shape index (κ3) is 2.79. The molecule has 0 fully saturated rings. The van der Waals surface area contributed by atoms with Crippen molar-refractivity contribution in [3.8, 4) is 12.1 Å². The van der Waals surface area contributed by atoms with E-state index < -0.39 is 11.6 Å². The van der Waals surface area contributed by atoms with Crippen molar-refractivity contribution in [3.63, 3.8) is 0 Å². The molecule has 88 valence electrons. The van der Waals surface area contributed by atoms with Crippen molar-refractivity contribution in [2.45, 2.75) is 0 Å². The Kier molecular flexibility index (Phi) is 4.18. The lowest BCUT2D eigenvalue weighted by atomic mass is 10.3. The van der Waals surface area contributed by atoms with Crippen molar-refractivity contribution in [2.75, 3.05) is 30.4 Å². The van der Waals surface area contributed by atoms with E-state index in [4.69, 9.17) is 10.5 Å². The number of halogens is 2. The highest BCUT2D eigenvalue weighted by atomic mass is 19.1. The predicted molar refractivity (Wildman–Crippen MR) is 57.1 cm³/mol. The fourth-order valence-corrected chi connectivity index (χ4v) is 1.23. The van der Waals surface area contributed by atoms with Crippen LogP contribution in [0, 0.1) is 34.3 Å². The molecule has 0 aliphatic heterocycles. The fourth-order valence-electron chi connectivity index (χ4n) is 1.23. The van der Waals surface area contributed by atoms with E-state index in [0.29, 0.717) is 6.07 Å². The Morgan fingerprint density at radius 1 is 1.29 bits per heavy atom. The summed E-state index contributed by atoms with van der Waals surface area (Å²) < 4.78 is 26.6. The third-order valence-electron chi connectivity index (χ3n) is 1.97. The first-order valence-electron chi connectivity index (χ1n) is 4.66. The molecule has 1 N–H and O–H groups in total. The molecular formula is C10H9F2N5. The highest BCUT2D eigenvalue weighted by molar-refractivity contribution is 5.50. The molecule has 0 saturated heterocycles. The van der Waals surface area contributed by atoms with Crippen LogP contribution < -0.4 is 10.2 Å². The van der Waals surface area contributed by atoms with Gasteiger partial charge in [0.1, 0.15) is 13.1 Å². The van der Waals surface area contributed by atoms with Gasteiger partial charge in [0.2, 0.25) is 0 Å². The number of aromatic nitrogens is 1. The maximum atomic E-state index is 13.5. The molecule has 0 radical (unpaired) electrons. The zero-order valence-electron chi connectivity index (χ0n) is 9.04. The van der Waals surface area contributed by atoms with E-state index in [9.17, 15) is 8.78 Å². The van der Waals surface area contributed by atoms with E-state index in [1.54, 1.807) is 12.1 Å². The van der Waals surface area contributed by atoms with Gasteiger partial charge in [-0.15, -0.1) is 0 Å². The molecule has 7 heteroatoms. The summed E-state index contributed by atoms with van der Waals surface area (Å²) in [5.74, 6) is -2.10. The van der Waals surface area contributed by atoms with Crippen molar-refractivity contribution in [1.29, 1.82) is 10.5 Å². The van der Waals surface area contributed by atoms with Gasteiger partial charge in [-0.25, -0.2) is 13.8 Å². The average Bonchev–Trinajstić information content (AvgIpc) is 2.29. The predicted octanol–water partition coefficient (Wildman–Crippen LogP) is 1.26. The smallest absolute Gasteiger partial charge is 0.169 e. The van der Waals surface area contributed by atoms with Gasteiger partial charge in [0.05, 0.1) is 12.1 Å². The van der Waals surface area contributed by atoms with Crippen LogP contribution in [0.2, 0.25) is 0 Å². The third-order valence-corrected chi connectivity index (χ3v) is 1.97. The van der Waals surface area contributed by atoms with Gasteiger partial charge in [-0.05, 0) is 0 Å². The molecule has 1 aromatic rings. The number of anilines is 2. The number of pyridine rings is 1. The second kappa shape index (κ2) is 5.61. The van der Waals surface area contributed by atoms with Crippen molar-refractivity contribution in [1.82, 2.24) is 4.98 Å². The lowest BCUT2D eigenvalue weighted by molar-refractivity contribution is 0.573. The number of rotatable bonds is 4. The standard InChI is InChI=1S/C10H9F2N5/c1-15-9-7(11)6-8(12)10(16-9)17(4-2-13)5-3-14/h6H,4-5H2,1H3,(H,15,16). The van der Waals surface area contributed by atoms with Crippen LogP contribution >= 0.6 is 0 Å². The fraction of sp³-hybridized carbons (Fsp3) is 0.300. The molecule has 0 atom stereocenters. The van der Waals surface area contributed by atoms with E-state index in [-0.39, 0.29) is 24.7 Å². The first-order chi connectivity index (χ1) is 8.13. The second-order valence-electron chi connectivity index (χ2n) is 3.05. The molecule has 0 spiro atoms. The maximum absolute atomic E-state index is 13.5. The van der Waals surface area contributed by atoms with Crippen LogP contribution in [-0.2, 0) is 0 Å². The summed E-state index contributed by atoms with van der Waals surface area (Å²) in [5, 5.41) is 19.6. The lowest BCUT2D eigenvalue weighted by Crippen LogP contribution is -2.26. The van der Waals surface area contributed by atoms with Crippen LogP contribution in [0.15, 0.2) is 6.07 Å². The van der Waals surface area contributed by atoms with Crippen LogP contribution in [0.5, 0.6) is 0 Å². The molecule has 17 heavy (non-hydrogen) atoms. The Labute approximate surface area is 96.9 Å². The number of nitriles is 2. The SMILES string of the molecule is CNc1nc(N(CC#N)CC#N)c(F)cc1F. The minimum Gasteiger partial charge on any atom is -0.371 e. The summed E-state index contributed by atoms with van der Waals surface area (Å²) in [4.78, 5) is 4.81. The quantitative estimate of drug-likeness (QED) is 0.797. The Bertz CT molecular complexity index is 473. The molecule has 0 unspecified atom stereocenters. The summed E-state index contributed by atoms with van der Waals surface area (Å²) in [5.41, 5.74) is 0. The van der Waals surface area contributed by atoms with Gasteiger partial charge in [0.15, 0.2) is 23.3 Å². The molecule has 0 aliphatic rings. The van der Waals surface area contributed by atoms with Gasteiger partial charge in [-0.2, -0.15) is 10.5 Å². The van der Waals surface area contributed by atoms with Crippen molar-refractivity contribution in [2.24, 2.45) is 0 Å². The molecule has 0 amide bonds. The summed E-state index contributed by atoms with van der Waals surface area (Å²) in [7, 11) is 1.44. The summed E-state index contributed by atoms with van der Waals surface area (Å²) in [6, 6.07) is 4.23. The average molecular weight is 237 g/mol. The molecule has 1 heterocycles. The van der Waals surface area contributed by atoms with E-state index in [1.807, 2.05) is 0 Å². The zero-order valence-corrected chi connectivity index (χ0v) is 9.04. The van der Waals surface area contributed by atoms with E-state index in [0.717, 1.165) is 4.90 Å². The Hall–Kier alpha value is -2.41. The summed E-state index contributed by atoms with van der Waals surface area (Å²) in [6.45, 7) is -0.404. The molecule has 5 nitrogen and oxygen atoms in total. The molecule has 0 saturated carbocycles. The topological polar surface area (TPSA) is 75.7 Å². The molecule has 0 aromatic carbocycles. The van der Waals surface area contributed by atoms with E-state index in [1.165, 1.54) is 7.05 Å². The van der Waals surface area contributed by atoms with E-state index >= 15 is 0 Å². The Morgan fingerprint density at radius 3 is 2.35 bits per heavy atom. The van der Waals surface area contributed by atoms with Crippen LogP contribution in [0.25, 0.3) is 0 Å². The molecule has 1 rings (SSSR count). The van der Waals surface area contributed by atoms with Crippen LogP contribution in [0.3, 0.4) is 0 Å². The minimum atomic E-state index is -0.910. The first kappa shape index (κ1) is 12.7. The largest absolute Gasteiger partial charge is 0.371 e. The van der Waals surface area contributed by atoms with E-state index in [2.05, 4.69) is 10.3 Å². The second-order valence-corrected chi connectivity index (χ2v) is 3.05. The Balaban J connectivity index is 3.19. The van der Waals surface area contributed by atoms with Gasteiger partial charge in [0.25, 0.3) is 0 Å². The van der Waals surface area contributed by atoms with Gasteiger partial charge in [-0.1, -0.05) is 0 Å².